The van der Waals surface area contributed by atoms with Crippen molar-refractivity contribution in [1.82, 2.24) is 5.32 Å². The van der Waals surface area contributed by atoms with E-state index in [9.17, 15) is 0 Å². The Morgan fingerprint density at radius 2 is 1.92 bits per heavy atom. The normalized spacial score (nSPS) is 8.46. The van der Waals surface area contributed by atoms with Gasteiger partial charge in [-0.05, 0) is 25.6 Å². The second kappa shape index (κ2) is 9.01. The van der Waals surface area contributed by atoms with Gasteiger partial charge in [-0.15, -0.1) is 0 Å². The summed E-state index contributed by atoms with van der Waals surface area (Å²) in [6.45, 7) is 6.92. The molecule has 0 radical (unpaired) electrons. The highest BCUT2D eigenvalue weighted by molar-refractivity contribution is 5.45. The van der Waals surface area contributed by atoms with Gasteiger partial charge in [0.25, 0.3) is 0 Å². The number of hydrogen-bond donors (Lipinski definition) is 1. The van der Waals surface area contributed by atoms with Crippen molar-refractivity contribution in [3.05, 3.63) is 42.5 Å². The fourth-order valence-electron chi connectivity index (χ4n) is 0.839. The summed E-state index contributed by atoms with van der Waals surface area (Å²) < 4.78 is 0. The topological polar surface area (TPSA) is 12.0 Å². The Kier molecular flexibility index (Phi) is 8.26. The lowest BCUT2D eigenvalue weighted by Gasteiger charge is -1.85. The standard InChI is InChI=1S/C8H8.C4H11N/c1-2-8-6-4-3-5-7-8;1-3-4-5-2/h2-7H,1H2;5H,3-4H2,1-2H3. The van der Waals surface area contributed by atoms with Gasteiger partial charge < -0.3 is 5.32 Å². The Bertz CT molecular complexity index is 202. The van der Waals surface area contributed by atoms with Crippen molar-refractivity contribution in [1.29, 1.82) is 0 Å². The molecule has 1 aromatic carbocycles. The highest BCUT2D eigenvalue weighted by Crippen LogP contribution is 1.97. The predicted molar refractivity (Wildman–Crippen MR) is 60.8 cm³/mol. The Balaban J connectivity index is 0.000000252. The minimum Gasteiger partial charge on any atom is -0.320 e. The average Bonchev–Trinajstić information content (AvgIpc) is 2.21. The first-order chi connectivity index (χ1) is 6.35. The van der Waals surface area contributed by atoms with Gasteiger partial charge in [-0.1, -0.05) is 49.9 Å². The van der Waals surface area contributed by atoms with Crippen LogP contribution in [0.3, 0.4) is 0 Å². The van der Waals surface area contributed by atoms with Crippen LogP contribution in [0, 0.1) is 0 Å². The molecule has 0 saturated heterocycles. The van der Waals surface area contributed by atoms with Gasteiger partial charge >= 0.3 is 0 Å². The quantitative estimate of drug-likeness (QED) is 0.748. The molecule has 0 aliphatic carbocycles. The largest absolute Gasteiger partial charge is 0.320 e. The van der Waals surface area contributed by atoms with Crippen LogP contribution in [0.2, 0.25) is 0 Å². The van der Waals surface area contributed by atoms with Crippen LogP contribution in [0.5, 0.6) is 0 Å². The SMILES string of the molecule is C=Cc1ccccc1.CCCNC. The second-order valence-electron chi connectivity index (χ2n) is 2.72. The number of benzene rings is 1. The van der Waals surface area contributed by atoms with E-state index in [1.54, 1.807) is 0 Å². The lowest BCUT2D eigenvalue weighted by molar-refractivity contribution is 0.772. The van der Waals surface area contributed by atoms with Crippen LogP contribution in [0.1, 0.15) is 18.9 Å². The van der Waals surface area contributed by atoms with Crippen molar-refractivity contribution in [3.8, 4) is 0 Å². The molecule has 0 atom stereocenters. The van der Waals surface area contributed by atoms with E-state index in [1.165, 1.54) is 12.0 Å². The maximum Gasteiger partial charge on any atom is -0.00546 e. The molecule has 1 heteroatoms. The van der Waals surface area contributed by atoms with Crippen molar-refractivity contribution >= 4 is 6.08 Å². The summed E-state index contributed by atoms with van der Waals surface area (Å²) in [5, 5.41) is 3.02. The molecule has 0 bridgehead atoms. The minimum absolute atomic E-state index is 1.14. The lowest BCUT2D eigenvalue weighted by atomic mass is 10.2. The molecule has 1 rings (SSSR count). The zero-order chi connectivity index (χ0) is 9.94. The van der Waals surface area contributed by atoms with Crippen molar-refractivity contribution in [2.45, 2.75) is 13.3 Å². The second-order valence-corrected chi connectivity index (χ2v) is 2.72. The molecular formula is C12H19N. The Morgan fingerprint density at radius 3 is 2.15 bits per heavy atom. The van der Waals surface area contributed by atoms with Crippen molar-refractivity contribution < 1.29 is 0 Å². The van der Waals surface area contributed by atoms with Crippen molar-refractivity contribution in [2.24, 2.45) is 0 Å². The predicted octanol–water partition coefficient (Wildman–Crippen LogP) is 2.95. The molecule has 0 aromatic heterocycles. The Labute approximate surface area is 81.5 Å². The van der Waals surface area contributed by atoms with Crippen molar-refractivity contribution in [3.63, 3.8) is 0 Å². The van der Waals surface area contributed by atoms with Crippen LogP contribution in [-0.4, -0.2) is 13.6 Å². The molecule has 0 aliphatic heterocycles. The zero-order valence-electron chi connectivity index (χ0n) is 8.59. The molecule has 1 N–H and O–H groups in total. The van der Waals surface area contributed by atoms with Gasteiger partial charge in [-0.25, -0.2) is 0 Å². The molecule has 0 saturated carbocycles. The first kappa shape index (κ1) is 11.9. The van der Waals surface area contributed by atoms with Crippen molar-refractivity contribution in [2.75, 3.05) is 13.6 Å². The van der Waals surface area contributed by atoms with Gasteiger partial charge in [0, 0.05) is 0 Å². The molecule has 72 valence electrons. The fraction of sp³-hybridized carbons (Fsp3) is 0.333. The fourth-order valence-corrected chi connectivity index (χ4v) is 0.839. The van der Waals surface area contributed by atoms with E-state index in [0.29, 0.717) is 0 Å². The van der Waals surface area contributed by atoms with E-state index in [2.05, 4.69) is 18.8 Å². The van der Waals surface area contributed by atoms with Crippen LogP contribution in [0.25, 0.3) is 6.08 Å². The molecule has 1 nitrogen and oxygen atoms in total. The summed E-state index contributed by atoms with van der Waals surface area (Å²) in [4.78, 5) is 0. The van der Waals surface area contributed by atoms with E-state index in [4.69, 9.17) is 0 Å². The molecule has 0 fully saturated rings. The monoisotopic (exact) mass is 177 g/mol. The van der Waals surface area contributed by atoms with Crippen LogP contribution in [-0.2, 0) is 0 Å². The first-order valence-corrected chi connectivity index (χ1v) is 4.67. The summed E-state index contributed by atoms with van der Waals surface area (Å²) in [5.41, 5.74) is 1.17. The number of rotatable bonds is 3. The maximum atomic E-state index is 3.63. The number of hydrogen-bond acceptors (Lipinski definition) is 1. The van der Waals surface area contributed by atoms with Gasteiger partial charge in [0.05, 0.1) is 0 Å². The summed E-state index contributed by atoms with van der Waals surface area (Å²) in [6, 6.07) is 10.0. The molecule has 0 unspecified atom stereocenters. The van der Waals surface area contributed by atoms with E-state index in [0.717, 1.165) is 6.54 Å². The molecule has 0 heterocycles. The molecule has 1 aromatic rings. The molecule has 0 amide bonds. The third kappa shape index (κ3) is 7.29. The molecule has 0 spiro atoms. The van der Waals surface area contributed by atoms with Gasteiger partial charge in [-0.3, -0.25) is 0 Å². The van der Waals surface area contributed by atoms with Crippen LogP contribution < -0.4 is 5.32 Å². The highest BCUT2D eigenvalue weighted by atomic mass is 14.8. The lowest BCUT2D eigenvalue weighted by Crippen LogP contribution is -2.04. The third-order valence-corrected chi connectivity index (χ3v) is 1.54. The molecule has 13 heavy (non-hydrogen) atoms. The summed E-state index contributed by atoms with van der Waals surface area (Å²) >= 11 is 0. The summed E-state index contributed by atoms with van der Waals surface area (Å²) in [6.07, 6.45) is 3.07. The maximum absolute atomic E-state index is 3.63. The number of nitrogens with one attached hydrogen (secondary N) is 1. The van der Waals surface area contributed by atoms with Gasteiger partial charge in [0.2, 0.25) is 0 Å². The molecular weight excluding hydrogens is 158 g/mol. The average molecular weight is 177 g/mol. The van der Waals surface area contributed by atoms with E-state index in [-0.39, 0.29) is 0 Å². The van der Waals surface area contributed by atoms with Gasteiger partial charge in [0.1, 0.15) is 0 Å². The van der Waals surface area contributed by atoms with Crippen LogP contribution in [0.15, 0.2) is 36.9 Å². The van der Waals surface area contributed by atoms with E-state index in [1.807, 2.05) is 43.5 Å². The van der Waals surface area contributed by atoms with E-state index >= 15 is 0 Å². The van der Waals surface area contributed by atoms with Crippen LogP contribution in [0.4, 0.5) is 0 Å². The third-order valence-electron chi connectivity index (χ3n) is 1.54. The zero-order valence-corrected chi connectivity index (χ0v) is 8.59. The molecule has 0 aliphatic rings. The van der Waals surface area contributed by atoms with Gasteiger partial charge in [-0.2, -0.15) is 0 Å². The van der Waals surface area contributed by atoms with Gasteiger partial charge in [0.15, 0.2) is 0 Å². The highest BCUT2D eigenvalue weighted by Gasteiger charge is 1.75. The van der Waals surface area contributed by atoms with Crippen LogP contribution >= 0.6 is 0 Å². The minimum atomic E-state index is 1.14. The smallest absolute Gasteiger partial charge is 0.00546 e. The van der Waals surface area contributed by atoms with E-state index < -0.39 is 0 Å². The summed E-state index contributed by atoms with van der Waals surface area (Å²) in [5.74, 6) is 0. The Morgan fingerprint density at radius 1 is 1.31 bits per heavy atom. The summed E-state index contributed by atoms with van der Waals surface area (Å²) in [7, 11) is 1.96. The Hall–Kier alpha value is -1.08. The first-order valence-electron chi connectivity index (χ1n) is 4.67.